The molecule has 82 valence electrons. The second-order valence-electron chi connectivity index (χ2n) is 4.38. The minimum atomic E-state index is -0.0168. The summed E-state index contributed by atoms with van der Waals surface area (Å²) in [6.45, 7) is 2.53. The first-order chi connectivity index (χ1) is 7.13. The van der Waals surface area contributed by atoms with Gasteiger partial charge < -0.3 is 5.73 Å². The summed E-state index contributed by atoms with van der Waals surface area (Å²) in [6.07, 6.45) is 5.84. The van der Waals surface area contributed by atoms with Gasteiger partial charge in [-0.25, -0.2) is 4.68 Å². The van der Waals surface area contributed by atoms with Crippen molar-refractivity contribution in [3.63, 3.8) is 0 Å². The highest BCUT2D eigenvalue weighted by molar-refractivity contribution is 5.09. The minimum Gasteiger partial charge on any atom is -0.325 e. The quantitative estimate of drug-likeness (QED) is 0.790. The Morgan fingerprint density at radius 1 is 1.60 bits per heavy atom. The van der Waals surface area contributed by atoms with E-state index in [1.54, 1.807) is 12.3 Å². The predicted octanol–water partition coefficient (Wildman–Crippen LogP) is 0.687. The molecule has 0 amide bonds. The summed E-state index contributed by atoms with van der Waals surface area (Å²) in [5.74, 6) is 0. The number of aromatic nitrogens is 2. The van der Waals surface area contributed by atoms with Gasteiger partial charge in [0.05, 0.1) is 6.20 Å². The average molecular weight is 207 g/mol. The van der Waals surface area contributed by atoms with Crippen LogP contribution in [0.4, 0.5) is 0 Å². The number of hydrogen-bond acceptors (Lipinski definition) is 3. The molecular weight excluding hydrogens is 190 g/mol. The van der Waals surface area contributed by atoms with Gasteiger partial charge in [-0.2, -0.15) is 5.10 Å². The predicted molar refractivity (Wildman–Crippen MR) is 58.6 cm³/mol. The molecule has 1 aliphatic rings. The van der Waals surface area contributed by atoms with Crippen LogP contribution in [-0.2, 0) is 13.0 Å². The molecule has 4 heteroatoms. The van der Waals surface area contributed by atoms with Gasteiger partial charge in [0, 0.05) is 18.2 Å². The van der Waals surface area contributed by atoms with Crippen LogP contribution in [0.5, 0.6) is 0 Å². The van der Waals surface area contributed by atoms with Gasteiger partial charge in [0.2, 0.25) is 0 Å². The fourth-order valence-corrected chi connectivity index (χ4v) is 1.65. The summed E-state index contributed by atoms with van der Waals surface area (Å²) < 4.78 is 1.46. The van der Waals surface area contributed by atoms with E-state index in [1.165, 1.54) is 4.68 Å². The Bertz CT molecular complexity index is 407. The van der Waals surface area contributed by atoms with E-state index in [4.69, 9.17) is 5.73 Å². The lowest BCUT2D eigenvalue weighted by Crippen LogP contribution is -2.24. The normalized spacial score (nSPS) is 17.7. The van der Waals surface area contributed by atoms with E-state index >= 15 is 0 Å². The second-order valence-corrected chi connectivity index (χ2v) is 4.38. The van der Waals surface area contributed by atoms with Crippen molar-refractivity contribution in [3.05, 3.63) is 28.2 Å². The van der Waals surface area contributed by atoms with Gasteiger partial charge in [0.15, 0.2) is 0 Å². The molecule has 4 nitrogen and oxygen atoms in total. The topological polar surface area (TPSA) is 60.9 Å². The number of rotatable bonds is 4. The lowest BCUT2D eigenvalue weighted by molar-refractivity contribution is 0.588. The molecule has 15 heavy (non-hydrogen) atoms. The van der Waals surface area contributed by atoms with Gasteiger partial charge in [0.1, 0.15) is 0 Å². The van der Waals surface area contributed by atoms with Gasteiger partial charge in [-0.05, 0) is 38.2 Å². The molecule has 1 aromatic rings. The smallest absolute Gasteiger partial charge is 0.266 e. The number of aryl methyl sites for hydroxylation is 2. The van der Waals surface area contributed by atoms with Gasteiger partial charge in [-0.15, -0.1) is 0 Å². The summed E-state index contributed by atoms with van der Waals surface area (Å²) in [5.41, 5.74) is 7.02. The van der Waals surface area contributed by atoms with Crippen LogP contribution in [0.3, 0.4) is 0 Å². The van der Waals surface area contributed by atoms with Crippen LogP contribution in [-0.4, -0.2) is 15.3 Å². The van der Waals surface area contributed by atoms with Crippen molar-refractivity contribution in [2.45, 2.75) is 44.7 Å². The van der Waals surface area contributed by atoms with E-state index in [9.17, 15) is 4.79 Å². The second kappa shape index (κ2) is 3.77. The van der Waals surface area contributed by atoms with Crippen molar-refractivity contribution in [1.82, 2.24) is 9.78 Å². The molecule has 2 rings (SSSR count). The van der Waals surface area contributed by atoms with Gasteiger partial charge in [-0.1, -0.05) is 0 Å². The van der Waals surface area contributed by atoms with Crippen molar-refractivity contribution in [3.8, 4) is 0 Å². The fraction of sp³-hybridized carbons (Fsp3) is 0.636. The summed E-state index contributed by atoms with van der Waals surface area (Å²) in [4.78, 5) is 11.5. The summed E-state index contributed by atoms with van der Waals surface area (Å²) in [7, 11) is 0. The van der Waals surface area contributed by atoms with Crippen molar-refractivity contribution in [2.75, 3.05) is 0 Å². The third-order valence-electron chi connectivity index (χ3n) is 3.03. The van der Waals surface area contributed by atoms with Crippen LogP contribution in [0.1, 0.15) is 31.7 Å². The van der Waals surface area contributed by atoms with Gasteiger partial charge in [0.25, 0.3) is 5.56 Å². The van der Waals surface area contributed by atoms with E-state index in [0.29, 0.717) is 6.54 Å². The molecular formula is C11H17N3O. The Morgan fingerprint density at radius 3 is 2.87 bits per heavy atom. The Kier molecular flexibility index (Phi) is 2.61. The Labute approximate surface area is 89.1 Å². The largest absolute Gasteiger partial charge is 0.325 e. The van der Waals surface area contributed by atoms with Gasteiger partial charge >= 0.3 is 0 Å². The first-order valence-corrected chi connectivity index (χ1v) is 5.48. The minimum absolute atomic E-state index is 0.0168. The lowest BCUT2D eigenvalue weighted by Gasteiger charge is -2.08. The molecule has 1 aliphatic carbocycles. The maximum atomic E-state index is 11.5. The molecule has 0 radical (unpaired) electrons. The number of nitrogens with two attached hydrogens (primary N) is 1. The highest BCUT2D eigenvalue weighted by atomic mass is 16.1. The van der Waals surface area contributed by atoms with Crippen molar-refractivity contribution < 1.29 is 0 Å². The fourth-order valence-electron chi connectivity index (χ4n) is 1.65. The Morgan fingerprint density at radius 2 is 2.33 bits per heavy atom. The first-order valence-electron chi connectivity index (χ1n) is 5.48. The summed E-state index contributed by atoms with van der Waals surface area (Å²) in [6, 6.07) is 1.67. The highest BCUT2D eigenvalue weighted by Crippen LogP contribution is 2.36. The standard InChI is InChI=1S/C11H17N3O/c1-2-14-10(15)7-9(8-13-14)3-4-11(12)5-6-11/h7-8H,2-6,12H2,1H3. The van der Waals surface area contributed by atoms with E-state index in [2.05, 4.69) is 5.10 Å². The molecule has 0 bridgehead atoms. The van der Waals surface area contributed by atoms with Gasteiger partial charge in [-0.3, -0.25) is 4.79 Å². The molecule has 1 heterocycles. The van der Waals surface area contributed by atoms with Crippen molar-refractivity contribution >= 4 is 0 Å². The molecule has 1 fully saturated rings. The summed E-state index contributed by atoms with van der Waals surface area (Å²) >= 11 is 0. The molecule has 0 aromatic carbocycles. The molecule has 1 aromatic heterocycles. The van der Waals surface area contributed by atoms with Crippen molar-refractivity contribution in [2.24, 2.45) is 5.73 Å². The van der Waals surface area contributed by atoms with Crippen LogP contribution in [0.25, 0.3) is 0 Å². The van der Waals surface area contributed by atoms with Crippen molar-refractivity contribution in [1.29, 1.82) is 0 Å². The van der Waals surface area contributed by atoms with Crippen LogP contribution in [0, 0.1) is 0 Å². The molecule has 0 spiro atoms. The first kappa shape index (κ1) is 10.4. The average Bonchev–Trinajstić information content (AvgIpc) is 2.95. The zero-order valence-corrected chi connectivity index (χ0v) is 9.07. The molecule has 2 N–H and O–H groups in total. The molecule has 0 aliphatic heterocycles. The molecule has 0 atom stereocenters. The maximum absolute atomic E-state index is 11.5. The zero-order valence-electron chi connectivity index (χ0n) is 9.07. The van der Waals surface area contributed by atoms with E-state index in [-0.39, 0.29) is 11.1 Å². The molecule has 0 saturated heterocycles. The monoisotopic (exact) mass is 207 g/mol. The Hall–Kier alpha value is -1.16. The summed E-state index contributed by atoms with van der Waals surface area (Å²) in [5, 5.41) is 4.08. The lowest BCUT2D eigenvalue weighted by atomic mass is 10.1. The maximum Gasteiger partial charge on any atom is 0.266 e. The van der Waals surface area contributed by atoms with Crippen LogP contribution >= 0.6 is 0 Å². The highest BCUT2D eigenvalue weighted by Gasteiger charge is 2.37. The zero-order chi connectivity index (χ0) is 10.9. The van der Waals surface area contributed by atoms with Crippen LogP contribution in [0.2, 0.25) is 0 Å². The van der Waals surface area contributed by atoms with E-state index in [0.717, 1.165) is 31.2 Å². The van der Waals surface area contributed by atoms with Crippen LogP contribution in [0.15, 0.2) is 17.1 Å². The van der Waals surface area contributed by atoms with E-state index in [1.807, 2.05) is 6.92 Å². The third-order valence-corrected chi connectivity index (χ3v) is 3.03. The third kappa shape index (κ3) is 2.45. The number of hydrogen-bond donors (Lipinski definition) is 1. The van der Waals surface area contributed by atoms with E-state index < -0.39 is 0 Å². The molecule has 1 saturated carbocycles. The Balaban J connectivity index is 2.03. The SMILES string of the molecule is CCn1ncc(CCC2(N)CC2)cc1=O. The number of nitrogens with zero attached hydrogens (tertiary/aromatic N) is 2. The van der Waals surface area contributed by atoms with Crippen LogP contribution < -0.4 is 11.3 Å². The molecule has 0 unspecified atom stereocenters.